The van der Waals surface area contributed by atoms with Crippen LogP contribution in [0.15, 0.2) is 24.3 Å². The van der Waals surface area contributed by atoms with Gasteiger partial charge >= 0.3 is 12.3 Å². The van der Waals surface area contributed by atoms with Gasteiger partial charge in [-0.3, -0.25) is 9.59 Å². The van der Waals surface area contributed by atoms with Gasteiger partial charge in [0.2, 0.25) is 0 Å². The smallest absolute Gasteiger partial charge is 0.481 e. The number of rotatable bonds is 5. The topological polar surface area (TPSA) is 63.6 Å². The number of halogens is 3. The molecule has 0 atom stereocenters. The second kappa shape index (κ2) is 5.52. The number of ketones is 1. The normalized spacial score (nSPS) is 12.1. The first-order valence-corrected chi connectivity index (χ1v) is 5.64. The van der Waals surface area contributed by atoms with Crippen LogP contribution in [0.5, 0.6) is 5.75 Å². The van der Waals surface area contributed by atoms with E-state index in [1.165, 1.54) is 26.0 Å². The van der Waals surface area contributed by atoms with E-state index in [0.717, 1.165) is 12.1 Å². The maximum atomic E-state index is 12.0. The molecule has 0 unspecified atom stereocenters. The van der Waals surface area contributed by atoms with Crippen LogP contribution in [0.2, 0.25) is 0 Å². The zero-order chi connectivity index (χ0) is 15.6. The van der Waals surface area contributed by atoms with Crippen molar-refractivity contribution in [3.05, 3.63) is 29.8 Å². The highest BCUT2D eigenvalue weighted by atomic mass is 19.4. The number of carbonyl (C=O) groups excluding carboxylic acids is 1. The summed E-state index contributed by atoms with van der Waals surface area (Å²) in [7, 11) is 0. The van der Waals surface area contributed by atoms with Gasteiger partial charge in [0.25, 0.3) is 0 Å². The molecule has 1 aromatic carbocycles. The van der Waals surface area contributed by atoms with Gasteiger partial charge in [0.1, 0.15) is 5.75 Å². The van der Waals surface area contributed by atoms with Crippen molar-refractivity contribution in [1.82, 2.24) is 0 Å². The van der Waals surface area contributed by atoms with Crippen LogP contribution in [0.1, 0.15) is 30.6 Å². The molecular formula is C13H13F3O4. The summed E-state index contributed by atoms with van der Waals surface area (Å²) in [6, 6.07) is 4.35. The minimum absolute atomic E-state index is 0.133. The Hall–Kier alpha value is -2.05. The molecule has 0 fully saturated rings. The van der Waals surface area contributed by atoms with Crippen LogP contribution in [0.25, 0.3) is 0 Å². The number of carbonyl (C=O) groups is 2. The fourth-order valence-electron chi connectivity index (χ4n) is 1.42. The Morgan fingerprint density at radius 3 is 2.05 bits per heavy atom. The van der Waals surface area contributed by atoms with Crippen LogP contribution in [0.4, 0.5) is 13.2 Å². The number of hydrogen-bond donors (Lipinski definition) is 1. The van der Waals surface area contributed by atoms with Gasteiger partial charge in [0.05, 0.1) is 5.41 Å². The molecule has 110 valence electrons. The van der Waals surface area contributed by atoms with Gasteiger partial charge in [-0.05, 0) is 38.1 Å². The Labute approximate surface area is 113 Å². The average Bonchev–Trinajstić information content (AvgIpc) is 2.26. The molecule has 0 heterocycles. The van der Waals surface area contributed by atoms with Gasteiger partial charge in [-0.25, -0.2) is 0 Å². The second-order valence-corrected chi connectivity index (χ2v) is 4.86. The summed E-state index contributed by atoms with van der Waals surface area (Å²) in [5, 5.41) is 8.91. The standard InChI is InChI=1S/C13H13F3O4/c1-12(2,11(18)19)7-10(17)8-3-5-9(6-4-8)20-13(14,15)16/h3-6H,7H2,1-2H3,(H,18,19). The van der Waals surface area contributed by atoms with E-state index in [9.17, 15) is 22.8 Å². The monoisotopic (exact) mass is 290 g/mol. The maximum absolute atomic E-state index is 12.0. The molecule has 1 aromatic rings. The number of ether oxygens (including phenoxy) is 1. The van der Waals surface area contributed by atoms with E-state index in [2.05, 4.69) is 4.74 Å². The molecule has 0 spiro atoms. The predicted molar refractivity (Wildman–Crippen MR) is 63.5 cm³/mol. The molecule has 0 aliphatic heterocycles. The Morgan fingerprint density at radius 1 is 1.15 bits per heavy atom. The summed E-state index contributed by atoms with van der Waals surface area (Å²) >= 11 is 0. The highest BCUT2D eigenvalue weighted by Crippen LogP contribution is 2.26. The highest BCUT2D eigenvalue weighted by Gasteiger charge is 2.32. The lowest BCUT2D eigenvalue weighted by molar-refractivity contribution is -0.274. The lowest BCUT2D eigenvalue weighted by atomic mass is 9.86. The molecule has 1 N–H and O–H groups in total. The van der Waals surface area contributed by atoms with Crippen molar-refractivity contribution < 1.29 is 32.6 Å². The second-order valence-electron chi connectivity index (χ2n) is 4.86. The third kappa shape index (κ3) is 4.56. The largest absolute Gasteiger partial charge is 0.573 e. The van der Waals surface area contributed by atoms with Gasteiger partial charge in [-0.1, -0.05) is 0 Å². The Bertz CT molecular complexity index is 503. The van der Waals surface area contributed by atoms with Crippen LogP contribution < -0.4 is 4.74 Å². The lowest BCUT2D eigenvalue weighted by Crippen LogP contribution is -2.26. The zero-order valence-electron chi connectivity index (χ0n) is 10.8. The van der Waals surface area contributed by atoms with E-state index in [0.29, 0.717) is 0 Å². The third-order valence-corrected chi connectivity index (χ3v) is 2.59. The summed E-state index contributed by atoms with van der Waals surface area (Å²) in [6.07, 6.45) is -5.04. The van der Waals surface area contributed by atoms with Crippen LogP contribution in [-0.4, -0.2) is 23.2 Å². The Balaban J connectivity index is 2.79. The molecule has 0 saturated carbocycles. The SMILES string of the molecule is CC(C)(CC(=O)c1ccc(OC(F)(F)F)cc1)C(=O)O. The third-order valence-electron chi connectivity index (χ3n) is 2.59. The van der Waals surface area contributed by atoms with E-state index < -0.39 is 29.3 Å². The first-order valence-electron chi connectivity index (χ1n) is 5.64. The van der Waals surface area contributed by atoms with Gasteiger partial charge in [-0.2, -0.15) is 0 Å². The van der Waals surface area contributed by atoms with Crippen LogP contribution in [0, 0.1) is 5.41 Å². The van der Waals surface area contributed by atoms with Crippen LogP contribution in [-0.2, 0) is 4.79 Å². The molecule has 20 heavy (non-hydrogen) atoms. The summed E-state index contributed by atoms with van der Waals surface area (Å²) in [5.74, 6) is -2.02. The molecule has 0 aliphatic rings. The molecule has 0 bridgehead atoms. The number of carboxylic acid groups (broad SMARTS) is 1. The number of alkyl halides is 3. The Kier molecular flexibility index (Phi) is 4.42. The van der Waals surface area contributed by atoms with Gasteiger partial charge in [-0.15, -0.1) is 13.2 Å². The first kappa shape index (κ1) is 16.0. The van der Waals surface area contributed by atoms with Gasteiger partial charge in [0, 0.05) is 12.0 Å². The van der Waals surface area contributed by atoms with Crippen molar-refractivity contribution >= 4 is 11.8 Å². The summed E-state index contributed by atoms with van der Waals surface area (Å²) < 4.78 is 39.5. The molecule has 4 nitrogen and oxygen atoms in total. The quantitative estimate of drug-likeness (QED) is 0.845. The minimum atomic E-state index is -4.79. The van der Waals surface area contributed by atoms with Gasteiger partial charge in [0.15, 0.2) is 5.78 Å². The number of carboxylic acids is 1. The zero-order valence-corrected chi connectivity index (χ0v) is 10.8. The number of Topliss-reactive ketones (excluding diaryl/α,β-unsaturated/α-hetero) is 1. The van der Waals surface area contributed by atoms with Crippen molar-refractivity contribution in [1.29, 1.82) is 0 Å². The van der Waals surface area contributed by atoms with Crippen LogP contribution in [0.3, 0.4) is 0 Å². The van der Waals surface area contributed by atoms with Crippen molar-refractivity contribution in [2.24, 2.45) is 5.41 Å². The number of aliphatic carboxylic acids is 1. The van der Waals surface area contributed by atoms with Crippen LogP contribution >= 0.6 is 0 Å². The van der Waals surface area contributed by atoms with E-state index in [1.807, 2.05) is 0 Å². The summed E-state index contributed by atoms with van der Waals surface area (Å²) in [6.45, 7) is 2.79. The minimum Gasteiger partial charge on any atom is -0.481 e. The first-order chi connectivity index (χ1) is 9.01. The van der Waals surface area contributed by atoms with Crippen molar-refractivity contribution in [2.75, 3.05) is 0 Å². The highest BCUT2D eigenvalue weighted by molar-refractivity contribution is 5.98. The van der Waals surface area contributed by atoms with Gasteiger partial charge < -0.3 is 9.84 Å². The number of benzene rings is 1. The van der Waals surface area contributed by atoms with E-state index >= 15 is 0 Å². The van der Waals surface area contributed by atoms with Crippen molar-refractivity contribution in [3.8, 4) is 5.75 Å². The molecule has 0 saturated heterocycles. The summed E-state index contributed by atoms with van der Waals surface area (Å²) in [4.78, 5) is 22.7. The molecule has 0 radical (unpaired) electrons. The van der Waals surface area contributed by atoms with Crippen molar-refractivity contribution in [2.45, 2.75) is 26.6 Å². The fraction of sp³-hybridized carbons (Fsp3) is 0.385. The Morgan fingerprint density at radius 2 is 1.65 bits per heavy atom. The fourth-order valence-corrected chi connectivity index (χ4v) is 1.42. The number of hydrogen-bond acceptors (Lipinski definition) is 3. The molecule has 1 rings (SSSR count). The summed E-state index contributed by atoms with van der Waals surface area (Å²) in [5.41, 5.74) is -1.10. The maximum Gasteiger partial charge on any atom is 0.573 e. The van der Waals surface area contributed by atoms with E-state index in [1.54, 1.807) is 0 Å². The molecular weight excluding hydrogens is 277 g/mol. The van der Waals surface area contributed by atoms with E-state index in [-0.39, 0.29) is 12.0 Å². The molecule has 0 amide bonds. The molecule has 0 aromatic heterocycles. The van der Waals surface area contributed by atoms with Crippen molar-refractivity contribution in [3.63, 3.8) is 0 Å². The average molecular weight is 290 g/mol. The molecule has 0 aliphatic carbocycles. The predicted octanol–water partition coefficient (Wildman–Crippen LogP) is 3.27. The van der Waals surface area contributed by atoms with E-state index in [4.69, 9.17) is 5.11 Å². The molecule has 7 heteroatoms. The lowest BCUT2D eigenvalue weighted by Gasteiger charge is -2.17.